The number of para-hydroxylation sites is 1. The Hall–Kier alpha value is -3.32. The summed E-state index contributed by atoms with van der Waals surface area (Å²) in [5, 5.41) is 3.68. The van der Waals surface area contributed by atoms with Crippen molar-refractivity contribution < 1.29 is 23.5 Å². The minimum atomic E-state index is -0.505. The molecule has 1 heterocycles. The normalized spacial score (nSPS) is 10.9. The van der Waals surface area contributed by atoms with Crippen molar-refractivity contribution in [3.8, 4) is 5.75 Å². The molecule has 0 aliphatic carbocycles. The van der Waals surface area contributed by atoms with E-state index >= 15 is 0 Å². The molecule has 0 unspecified atom stereocenters. The molecule has 0 bridgehead atoms. The monoisotopic (exact) mass is 396 g/mol. The summed E-state index contributed by atoms with van der Waals surface area (Å²) in [6.45, 7) is 2.51. The fraction of sp³-hybridized carbons (Fsp3) is 0.273. The van der Waals surface area contributed by atoms with Gasteiger partial charge in [-0.1, -0.05) is 18.2 Å². The van der Waals surface area contributed by atoms with Crippen LogP contribution in [-0.4, -0.2) is 44.1 Å². The molecule has 0 fully saturated rings. The molecule has 0 spiro atoms. The Kier molecular flexibility index (Phi) is 6.51. The molecule has 3 rings (SSSR count). The molecule has 152 valence electrons. The molecule has 3 aromatic rings. The Bertz CT molecular complexity index is 994. The van der Waals surface area contributed by atoms with Crippen molar-refractivity contribution in [3.63, 3.8) is 0 Å². The number of benzene rings is 2. The number of furan rings is 1. The van der Waals surface area contributed by atoms with Crippen LogP contribution in [0.25, 0.3) is 11.0 Å². The average molecular weight is 396 g/mol. The number of rotatable bonds is 8. The zero-order valence-corrected chi connectivity index (χ0v) is 16.7. The molecule has 0 aliphatic rings. The third-order valence-corrected chi connectivity index (χ3v) is 4.37. The van der Waals surface area contributed by atoms with Crippen LogP contribution >= 0.6 is 0 Å². The Morgan fingerprint density at radius 1 is 1.10 bits per heavy atom. The first-order chi connectivity index (χ1) is 14.0. The van der Waals surface area contributed by atoms with E-state index in [9.17, 15) is 9.59 Å². The molecular weight excluding hydrogens is 372 g/mol. The summed E-state index contributed by atoms with van der Waals surface area (Å²) in [7, 11) is 3.40. The number of esters is 1. The van der Waals surface area contributed by atoms with Gasteiger partial charge in [0.25, 0.3) is 0 Å². The smallest absolute Gasteiger partial charge is 0.374 e. The zero-order chi connectivity index (χ0) is 20.8. The molecule has 29 heavy (non-hydrogen) atoms. The van der Waals surface area contributed by atoms with E-state index in [1.165, 1.54) is 0 Å². The van der Waals surface area contributed by atoms with E-state index in [4.69, 9.17) is 13.9 Å². The molecule has 1 amide bonds. The highest BCUT2D eigenvalue weighted by atomic mass is 16.5. The second kappa shape index (κ2) is 9.25. The van der Waals surface area contributed by atoms with Crippen molar-refractivity contribution in [3.05, 3.63) is 59.9 Å². The van der Waals surface area contributed by atoms with Crippen LogP contribution < -0.4 is 10.1 Å². The first-order valence-corrected chi connectivity index (χ1v) is 9.31. The van der Waals surface area contributed by atoms with E-state index in [-0.39, 0.29) is 24.8 Å². The summed E-state index contributed by atoms with van der Waals surface area (Å²) in [6, 6.07) is 14.5. The number of carbonyl (C=O) groups is 2. The van der Waals surface area contributed by atoms with Crippen molar-refractivity contribution >= 4 is 28.5 Å². The summed E-state index contributed by atoms with van der Waals surface area (Å²) in [6.07, 6.45) is 0. The number of carbonyl (C=O) groups excluding carboxylic acids is 2. The van der Waals surface area contributed by atoms with Crippen LogP contribution in [0.1, 0.15) is 23.0 Å². The number of methoxy groups -OCH3 is 1. The van der Waals surface area contributed by atoms with Gasteiger partial charge in [0, 0.05) is 23.2 Å². The first kappa shape index (κ1) is 20.4. The van der Waals surface area contributed by atoms with Gasteiger partial charge in [-0.2, -0.15) is 0 Å². The van der Waals surface area contributed by atoms with Gasteiger partial charge in [0.05, 0.1) is 20.3 Å². The van der Waals surface area contributed by atoms with Crippen LogP contribution in [0.15, 0.2) is 52.9 Å². The highest BCUT2D eigenvalue weighted by Gasteiger charge is 2.23. The highest BCUT2D eigenvalue weighted by molar-refractivity contribution is 5.96. The lowest BCUT2D eigenvalue weighted by Gasteiger charge is -2.16. The van der Waals surface area contributed by atoms with Crippen molar-refractivity contribution in [2.75, 3.05) is 32.6 Å². The predicted molar refractivity (Wildman–Crippen MR) is 110 cm³/mol. The maximum atomic E-state index is 12.4. The molecular formula is C22H24N2O5. The number of nitrogens with one attached hydrogen (secondary N) is 1. The number of hydrogen-bond donors (Lipinski definition) is 1. The first-order valence-electron chi connectivity index (χ1n) is 9.31. The van der Waals surface area contributed by atoms with Gasteiger partial charge in [-0.3, -0.25) is 9.69 Å². The van der Waals surface area contributed by atoms with Crippen LogP contribution in [0.3, 0.4) is 0 Å². The Balaban J connectivity index is 1.71. The van der Waals surface area contributed by atoms with E-state index in [2.05, 4.69) is 5.32 Å². The van der Waals surface area contributed by atoms with Gasteiger partial charge >= 0.3 is 5.97 Å². The van der Waals surface area contributed by atoms with Crippen molar-refractivity contribution in [1.82, 2.24) is 4.90 Å². The molecule has 2 aromatic carbocycles. The predicted octanol–water partition coefficient (Wildman–Crippen LogP) is 3.69. The zero-order valence-electron chi connectivity index (χ0n) is 16.7. The topological polar surface area (TPSA) is 81.0 Å². The lowest BCUT2D eigenvalue weighted by molar-refractivity contribution is -0.117. The van der Waals surface area contributed by atoms with Crippen LogP contribution in [0, 0.1) is 0 Å². The fourth-order valence-corrected chi connectivity index (χ4v) is 3.06. The molecule has 0 saturated carbocycles. The van der Waals surface area contributed by atoms with Gasteiger partial charge in [-0.25, -0.2) is 4.79 Å². The summed E-state index contributed by atoms with van der Waals surface area (Å²) in [5.74, 6) is 0.229. The van der Waals surface area contributed by atoms with E-state index in [1.54, 1.807) is 44.4 Å². The van der Waals surface area contributed by atoms with Gasteiger partial charge in [0.2, 0.25) is 11.7 Å². The maximum absolute atomic E-state index is 12.4. The van der Waals surface area contributed by atoms with Gasteiger partial charge in [-0.05, 0) is 44.3 Å². The molecule has 0 radical (unpaired) electrons. The van der Waals surface area contributed by atoms with Gasteiger partial charge < -0.3 is 19.2 Å². The summed E-state index contributed by atoms with van der Waals surface area (Å²) < 4.78 is 16.0. The van der Waals surface area contributed by atoms with Crippen LogP contribution in [0.5, 0.6) is 5.75 Å². The molecule has 1 aromatic heterocycles. The van der Waals surface area contributed by atoms with Crippen molar-refractivity contribution in [1.29, 1.82) is 0 Å². The Labute approximate surface area is 169 Å². The van der Waals surface area contributed by atoms with E-state index in [0.717, 1.165) is 11.1 Å². The fourth-order valence-electron chi connectivity index (χ4n) is 3.06. The number of anilines is 1. The molecule has 1 N–H and O–H groups in total. The van der Waals surface area contributed by atoms with Gasteiger partial charge in [-0.15, -0.1) is 0 Å². The van der Waals surface area contributed by atoms with E-state index < -0.39 is 5.97 Å². The number of likely N-dealkylation sites (N-methyl/N-ethyl adjacent to an activating group) is 1. The standard InChI is InChI=1S/C22H24N2O5/c1-4-28-22(26)21-18(17-7-5-6-8-19(17)29-21)13-24(2)14-20(25)23-15-9-11-16(27-3)12-10-15/h5-12H,4,13-14H2,1-3H3,(H,23,25). The summed E-state index contributed by atoms with van der Waals surface area (Å²) in [5.41, 5.74) is 2.01. The summed E-state index contributed by atoms with van der Waals surface area (Å²) >= 11 is 0. The molecule has 0 aliphatic heterocycles. The Morgan fingerprint density at radius 2 is 1.83 bits per heavy atom. The second-order valence-electron chi connectivity index (χ2n) is 6.58. The molecule has 7 heteroatoms. The van der Waals surface area contributed by atoms with Crippen molar-refractivity contribution in [2.45, 2.75) is 13.5 Å². The highest BCUT2D eigenvalue weighted by Crippen LogP contribution is 2.27. The minimum absolute atomic E-state index is 0.147. The van der Waals surface area contributed by atoms with Gasteiger partial charge in [0.15, 0.2) is 0 Å². The average Bonchev–Trinajstić information content (AvgIpc) is 3.07. The lowest BCUT2D eigenvalue weighted by atomic mass is 10.1. The van der Waals surface area contributed by atoms with Crippen LogP contribution in [-0.2, 0) is 16.1 Å². The Morgan fingerprint density at radius 3 is 2.52 bits per heavy atom. The quantitative estimate of drug-likeness (QED) is 0.585. The number of amides is 1. The maximum Gasteiger partial charge on any atom is 0.374 e. The third kappa shape index (κ3) is 4.94. The molecule has 7 nitrogen and oxygen atoms in total. The number of ether oxygens (including phenoxy) is 2. The van der Waals surface area contributed by atoms with Crippen molar-refractivity contribution in [2.24, 2.45) is 0 Å². The number of fused-ring (bicyclic) bond motifs is 1. The second-order valence-corrected chi connectivity index (χ2v) is 6.58. The summed E-state index contributed by atoms with van der Waals surface area (Å²) in [4.78, 5) is 26.5. The number of hydrogen-bond acceptors (Lipinski definition) is 6. The van der Waals surface area contributed by atoms with E-state index in [1.807, 2.05) is 30.1 Å². The van der Waals surface area contributed by atoms with Crippen LogP contribution in [0.2, 0.25) is 0 Å². The molecule has 0 atom stereocenters. The van der Waals surface area contributed by atoms with Crippen LogP contribution in [0.4, 0.5) is 5.69 Å². The minimum Gasteiger partial charge on any atom is -0.497 e. The third-order valence-electron chi connectivity index (χ3n) is 4.37. The number of nitrogens with zero attached hydrogens (tertiary/aromatic N) is 1. The van der Waals surface area contributed by atoms with E-state index in [0.29, 0.717) is 23.4 Å². The van der Waals surface area contributed by atoms with Gasteiger partial charge in [0.1, 0.15) is 11.3 Å². The SMILES string of the molecule is CCOC(=O)c1oc2ccccc2c1CN(C)CC(=O)Nc1ccc(OC)cc1. The largest absolute Gasteiger partial charge is 0.497 e. The molecule has 0 saturated heterocycles. The lowest BCUT2D eigenvalue weighted by Crippen LogP contribution is -2.30.